The lowest BCUT2D eigenvalue weighted by atomic mass is 10.0. The van der Waals surface area contributed by atoms with Crippen LogP contribution in [0.5, 0.6) is 0 Å². The van der Waals surface area contributed by atoms with Gasteiger partial charge in [-0.15, -0.1) is 0 Å². The van der Waals surface area contributed by atoms with Gasteiger partial charge >= 0.3 is 17.9 Å². The fourth-order valence-corrected chi connectivity index (χ4v) is 7.31. The molecule has 0 amide bonds. The molecular formula is C56H98O6. The van der Waals surface area contributed by atoms with E-state index in [-0.39, 0.29) is 31.1 Å². The Morgan fingerprint density at radius 2 is 0.629 bits per heavy atom. The summed E-state index contributed by atoms with van der Waals surface area (Å²) in [5.74, 6) is -0.921. The summed E-state index contributed by atoms with van der Waals surface area (Å²) in [7, 11) is 0. The zero-order chi connectivity index (χ0) is 45.1. The van der Waals surface area contributed by atoms with E-state index in [4.69, 9.17) is 14.2 Å². The molecule has 0 radical (unpaired) electrons. The van der Waals surface area contributed by atoms with Crippen LogP contribution >= 0.6 is 0 Å². The van der Waals surface area contributed by atoms with Crippen LogP contribution in [0.15, 0.2) is 60.8 Å². The largest absolute Gasteiger partial charge is 0.462 e. The summed E-state index contributed by atoms with van der Waals surface area (Å²) in [5.41, 5.74) is 0. The van der Waals surface area contributed by atoms with Crippen LogP contribution in [0.1, 0.15) is 258 Å². The van der Waals surface area contributed by atoms with Gasteiger partial charge in [-0.05, 0) is 83.5 Å². The molecule has 0 fully saturated rings. The van der Waals surface area contributed by atoms with Crippen LogP contribution in [0.4, 0.5) is 0 Å². The summed E-state index contributed by atoms with van der Waals surface area (Å²) in [4.78, 5) is 38.0. The van der Waals surface area contributed by atoms with Crippen LogP contribution in [0, 0.1) is 0 Å². The second-order valence-corrected chi connectivity index (χ2v) is 17.4. The Balaban J connectivity index is 4.43. The Bertz CT molecular complexity index is 1130. The van der Waals surface area contributed by atoms with Gasteiger partial charge in [-0.25, -0.2) is 0 Å². The van der Waals surface area contributed by atoms with Gasteiger partial charge in [0, 0.05) is 19.3 Å². The smallest absolute Gasteiger partial charge is 0.306 e. The minimum atomic E-state index is -0.789. The Kier molecular flexibility index (Phi) is 48.4. The van der Waals surface area contributed by atoms with E-state index in [0.29, 0.717) is 19.3 Å². The molecule has 0 spiro atoms. The summed E-state index contributed by atoms with van der Waals surface area (Å²) in [5, 5.41) is 0. The van der Waals surface area contributed by atoms with E-state index in [2.05, 4.69) is 81.5 Å². The molecular weight excluding hydrogens is 769 g/mol. The first-order valence-corrected chi connectivity index (χ1v) is 26.3. The van der Waals surface area contributed by atoms with Crippen molar-refractivity contribution in [1.29, 1.82) is 0 Å². The number of carbonyl (C=O) groups is 3. The van der Waals surface area contributed by atoms with E-state index in [1.165, 1.54) is 116 Å². The molecule has 0 aliphatic rings. The molecule has 62 heavy (non-hydrogen) atoms. The van der Waals surface area contributed by atoms with Crippen LogP contribution in [0.2, 0.25) is 0 Å². The molecule has 0 saturated carbocycles. The summed E-state index contributed by atoms with van der Waals surface area (Å²) in [6, 6.07) is 0. The third-order valence-electron chi connectivity index (χ3n) is 11.3. The monoisotopic (exact) mass is 867 g/mol. The van der Waals surface area contributed by atoms with E-state index in [1.54, 1.807) is 0 Å². The van der Waals surface area contributed by atoms with E-state index < -0.39 is 6.10 Å². The van der Waals surface area contributed by atoms with Crippen molar-refractivity contribution in [2.45, 2.75) is 264 Å². The van der Waals surface area contributed by atoms with Crippen molar-refractivity contribution >= 4 is 17.9 Å². The highest BCUT2D eigenvalue weighted by molar-refractivity contribution is 5.71. The maximum absolute atomic E-state index is 12.8. The van der Waals surface area contributed by atoms with Crippen LogP contribution in [0.25, 0.3) is 0 Å². The van der Waals surface area contributed by atoms with Crippen molar-refractivity contribution in [1.82, 2.24) is 0 Å². The van der Waals surface area contributed by atoms with Gasteiger partial charge in [0.2, 0.25) is 0 Å². The first-order chi connectivity index (χ1) is 30.5. The van der Waals surface area contributed by atoms with Gasteiger partial charge < -0.3 is 14.2 Å². The summed E-state index contributed by atoms with van der Waals surface area (Å²) in [6.45, 7) is 6.49. The zero-order valence-corrected chi connectivity index (χ0v) is 40.9. The van der Waals surface area contributed by atoms with E-state index >= 15 is 0 Å². The van der Waals surface area contributed by atoms with Crippen molar-refractivity contribution in [3.05, 3.63) is 60.8 Å². The fourth-order valence-electron chi connectivity index (χ4n) is 7.31. The molecule has 0 aliphatic heterocycles. The molecule has 6 nitrogen and oxygen atoms in total. The summed E-state index contributed by atoms with van der Waals surface area (Å²) in [6.07, 6.45) is 62.0. The SMILES string of the molecule is CC/C=C\C/C=C\C/C=C\C/C=C\CCCCCC(=O)OCC(COC(=O)CCCCCCCCCCCCCC)OC(=O)CCCCCCC/C=C\CCCCCCCCC. The lowest BCUT2D eigenvalue weighted by Gasteiger charge is -2.18. The highest BCUT2D eigenvalue weighted by atomic mass is 16.6. The number of unbranched alkanes of at least 4 members (excludes halogenated alkanes) is 26. The highest BCUT2D eigenvalue weighted by Crippen LogP contribution is 2.15. The van der Waals surface area contributed by atoms with Crippen molar-refractivity contribution in [2.24, 2.45) is 0 Å². The zero-order valence-electron chi connectivity index (χ0n) is 40.9. The van der Waals surface area contributed by atoms with Crippen LogP contribution in [-0.2, 0) is 28.6 Å². The number of ether oxygens (including phenoxy) is 3. The molecule has 0 aromatic heterocycles. The third kappa shape index (κ3) is 48.1. The minimum Gasteiger partial charge on any atom is -0.462 e. The van der Waals surface area contributed by atoms with Crippen LogP contribution in [0.3, 0.4) is 0 Å². The van der Waals surface area contributed by atoms with E-state index in [0.717, 1.165) is 103 Å². The molecule has 6 heteroatoms. The number of rotatable bonds is 47. The lowest BCUT2D eigenvalue weighted by Crippen LogP contribution is -2.30. The maximum atomic E-state index is 12.8. The normalized spacial score (nSPS) is 12.5. The summed E-state index contributed by atoms with van der Waals surface area (Å²) < 4.78 is 16.8. The highest BCUT2D eigenvalue weighted by Gasteiger charge is 2.19. The predicted molar refractivity (Wildman–Crippen MR) is 265 cm³/mol. The molecule has 0 bridgehead atoms. The second kappa shape index (κ2) is 50.8. The maximum Gasteiger partial charge on any atom is 0.306 e. The van der Waals surface area contributed by atoms with Crippen molar-refractivity contribution in [3.8, 4) is 0 Å². The van der Waals surface area contributed by atoms with Crippen molar-refractivity contribution in [2.75, 3.05) is 13.2 Å². The molecule has 0 heterocycles. The first kappa shape index (κ1) is 59.1. The molecule has 0 aliphatic carbocycles. The topological polar surface area (TPSA) is 78.9 Å². The average molecular weight is 867 g/mol. The Hall–Kier alpha value is -2.89. The molecule has 358 valence electrons. The Morgan fingerprint density at radius 3 is 1.02 bits per heavy atom. The molecule has 0 rings (SSSR count). The summed E-state index contributed by atoms with van der Waals surface area (Å²) >= 11 is 0. The molecule has 1 unspecified atom stereocenters. The number of esters is 3. The predicted octanol–water partition coefficient (Wildman–Crippen LogP) is 17.3. The van der Waals surface area contributed by atoms with Crippen molar-refractivity contribution < 1.29 is 28.6 Å². The quantitative estimate of drug-likeness (QED) is 0.0262. The van der Waals surface area contributed by atoms with Crippen molar-refractivity contribution in [3.63, 3.8) is 0 Å². The Morgan fingerprint density at radius 1 is 0.339 bits per heavy atom. The fraction of sp³-hybridized carbons (Fsp3) is 0.768. The standard InChI is InChI=1S/C56H98O6/c1-4-7-10-13-16-19-22-25-27-29-31-34-37-40-43-46-49-55(58)61-52-53(51-60-54(57)48-45-42-39-36-33-24-21-18-15-12-9-6-3)62-56(59)50-47-44-41-38-35-32-30-28-26-23-20-17-14-11-8-5-2/h7,10,16,19,25,27-28,30-31,34,53H,4-6,8-9,11-15,17-18,20-24,26,29,32-33,35-52H2,1-3H3/b10-7-,19-16-,27-25-,30-28-,34-31-. The van der Waals surface area contributed by atoms with Gasteiger partial charge in [-0.2, -0.15) is 0 Å². The lowest BCUT2D eigenvalue weighted by molar-refractivity contribution is -0.167. The number of hydrogen-bond acceptors (Lipinski definition) is 6. The number of hydrogen-bond donors (Lipinski definition) is 0. The molecule has 0 saturated heterocycles. The van der Waals surface area contributed by atoms with Gasteiger partial charge in [-0.1, -0.05) is 216 Å². The molecule has 1 atom stereocenters. The van der Waals surface area contributed by atoms with Crippen LogP contribution in [-0.4, -0.2) is 37.2 Å². The van der Waals surface area contributed by atoms with Gasteiger partial charge in [0.15, 0.2) is 6.10 Å². The second-order valence-electron chi connectivity index (χ2n) is 17.4. The first-order valence-electron chi connectivity index (χ1n) is 26.3. The molecule has 0 N–H and O–H groups in total. The molecule has 0 aromatic carbocycles. The van der Waals surface area contributed by atoms with Gasteiger partial charge in [-0.3, -0.25) is 14.4 Å². The van der Waals surface area contributed by atoms with E-state index in [1.807, 2.05) is 0 Å². The minimum absolute atomic E-state index is 0.0859. The van der Waals surface area contributed by atoms with E-state index in [9.17, 15) is 14.4 Å². The number of allylic oxidation sites excluding steroid dienone is 10. The van der Waals surface area contributed by atoms with Crippen LogP contribution < -0.4 is 0 Å². The van der Waals surface area contributed by atoms with Gasteiger partial charge in [0.25, 0.3) is 0 Å². The Labute approximate surface area is 383 Å². The average Bonchev–Trinajstić information content (AvgIpc) is 3.27. The molecule has 0 aromatic rings. The van der Waals surface area contributed by atoms with Gasteiger partial charge in [0.05, 0.1) is 0 Å². The third-order valence-corrected chi connectivity index (χ3v) is 11.3. The number of carbonyl (C=O) groups excluding carboxylic acids is 3. The van der Waals surface area contributed by atoms with Gasteiger partial charge in [0.1, 0.15) is 13.2 Å².